The van der Waals surface area contributed by atoms with Crippen LogP contribution in [0.4, 0.5) is 0 Å². The zero-order chi connectivity index (χ0) is 10.2. The molecule has 0 saturated carbocycles. The highest BCUT2D eigenvalue weighted by Gasteiger charge is 2.37. The first-order chi connectivity index (χ1) is 6.65. The van der Waals surface area contributed by atoms with Crippen molar-refractivity contribution in [1.82, 2.24) is 0 Å². The number of hydrogen-bond donors (Lipinski definition) is 1. The fraction of sp³-hybridized carbons (Fsp3) is 0.400. The van der Waals surface area contributed by atoms with Gasteiger partial charge in [-0.25, -0.2) is 0 Å². The number of ether oxygens (including phenoxy) is 2. The van der Waals surface area contributed by atoms with E-state index in [0.717, 1.165) is 15.8 Å². The Bertz CT molecular complexity index is 356. The highest BCUT2D eigenvalue weighted by Crippen LogP contribution is 2.37. The predicted molar refractivity (Wildman–Crippen MR) is 57.4 cm³/mol. The van der Waals surface area contributed by atoms with E-state index < -0.39 is 5.54 Å². The first-order valence-corrected chi connectivity index (χ1v) is 5.16. The molecule has 1 atom stereocenters. The van der Waals surface area contributed by atoms with Crippen molar-refractivity contribution < 1.29 is 9.47 Å². The monoisotopic (exact) mass is 257 g/mol. The van der Waals surface area contributed by atoms with Gasteiger partial charge in [0.15, 0.2) is 0 Å². The first kappa shape index (κ1) is 9.96. The van der Waals surface area contributed by atoms with Crippen molar-refractivity contribution in [2.24, 2.45) is 5.73 Å². The van der Waals surface area contributed by atoms with Crippen LogP contribution in [0.3, 0.4) is 0 Å². The number of methoxy groups -OCH3 is 1. The normalized spacial score (nSPS) is 24.5. The molecule has 2 N–H and O–H groups in total. The Hall–Kier alpha value is -0.580. The second kappa shape index (κ2) is 3.53. The van der Waals surface area contributed by atoms with Crippen LogP contribution in [0.5, 0.6) is 5.75 Å². The average Bonchev–Trinajstić information content (AvgIpc) is 2.44. The summed E-state index contributed by atoms with van der Waals surface area (Å²) in [7, 11) is 1.64. The summed E-state index contributed by atoms with van der Waals surface area (Å²) in [5, 5.41) is 0. The maximum absolute atomic E-state index is 6.17. The van der Waals surface area contributed by atoms with Crippen LogP contribution in [0.15, 0.2) is 22.7 Å². The van der Waals surface area contributed by atoms with Gasteiger partial charge in [-0.15, -0.1) is 0 Å². The Balaban J connectivity index is 2.39. The summed E-state index contributed by atoms with van der Waals surface area (Å²) in [4.78, 5) is 0. The molecular formula is C10H12BrNO2. The first-order valence-electron chi connectivity index (χ1n) is 4.36. The number of nitrogens with two attached hydrogens (primary N) is 1. The lowest BCUT2D eigenvalue weighted by atomic mass is 9.94. The molecule has 14 heavy (non-hydrogen) atoms. The van der Waals surface area contributed by atoms with Gasteiger partial charge in [0, 0.05) is 17.1 Å². The summed E-state index contributed by atoms with van der Waals surface area (Å²) < 4.78 is 11.6. The van der Waals surface area contributed by atoms with Crippen LogP contribution in [-0.2, 0) is 10.3 Å². The summed E-state index contributed by atoms with van der Waals surface area (Å²) in [6.07, 6.45) is 0. The van der Waals surface area contributed by atoms with Gasteiger partial charge in [-0.05, 0) is 12.1 Å². The second-order valence-corrected chi connectivity index (χ2v) is 4.43. The van der Waals surface area contributed by atoms with Crippen LogP contribution in [-0.4, -0.2) is 20.3 Å². The standard InChI is InChI=1S/C10H12BrNO2/c1-13-5-10(12)6-14-9-4-7(11)2-3-8(9)10/h2-4H,5-6,12H2,1H3. The van der Waals surface area contributed by atoms with Gasteiger partial charge in [0.05, 0.1) is 6.61 Å². The molecule has 0 aliphatic carbocycles. The Kier molecular flexibility index (Phi) is 2.51. The lowest BCUT2D eigenvalue weighted by Crippen LogP contribution is -2.42. The Morgan fingerprint density at radius 1 is 1.64 bits per heavy atom. The molecule has 0 radical (unpaired) electrons. The molecule has 0 aromatic heterocycles. The summed E-state index contributed by atoms with van der Waals surface area (Å²) >= 11 is 3.39. The molecule has 1 unspecified atom stereocenters. The summed E-state index contributed by atoms with van der Waals surface area (Å²) in [5.41, 5.74) is 6.69. The molecule has 0 amide bonds. The molecule has 0 spiro atoms. The van der Waals surface area contributed by atoms with Crippen LogP contribution in [0.2, 0.25) is 0 Å². The third-order valence-corrected chi connectivity index (χ3v) is 2.86. The van der Waals surface area contributed by atoms with E-state index in [9.17, 15) is 0 Å². The van der Waals surface area contributed by atoms with E-state index in [0.29, 0.717) is 13.2 Å². The second-order valence-electron chi connectivity index (χ2n) is 3.52. The average molecular weight is 258 g/mol. The van der Waals surface area contributed by atoms with Crippen LogP contribution >= 0.6 is 15.9 Å². The van der Waals surface area contributed by atoms with Crippen molar-refractivity contribution in [3.63, 3.8) is 0 Å². The maximum Gasteiger partial charge on any atom is 0.125 e. The smallest absolute Gasteiger partial charge is 0.125 e. The molecular weight excluding hydrogens is 246 g/mol. The van der Waals surface area contributed by atoms with Crippen LogP contribution in [0.1, 0.15) is 5.56 Å². The lowest BCUT2D eigenvalue weighted by molar-refractivity contribution is 0.114. The van der Waals surface area contributed by atoms with Crippen LogP contribution in [0, 0.1) is 0 Å². The van der Waals surface area contributed by atoms with Crippen molar-refractivity contribution in [2.45, 2.75) is 5.54 Å². The molecule has 0 saturated heterocycles. The molecule has 76 valence electrons. The molecule has 4 heteroatoms. The maximum atomic E-state index is 6.17. The van der Waals surface area contributed by atoms with Gasteiger partial charge in [0.2, 0.25) is 0 Å². The predicted octanol–water partition coefficient (Wildman–Crippen LogP) is 1.64. The Morgan fingerprint density at radius 2 is 2.43 bits per heavy atom. The number of fused-ring (bicyclic) bond motifs is 1. The number of benzene rings is 1. The van der Waals surface area contributed by atoms with Crippen molar-refractivity contribution in [3.8, 4) is 5.75 Å². The quantitative estimate of drug-likeness (QED) is 0.877. The third-order valence-electron chi connectivity index (χ3n) is 2.37. The van der Waals surface area contributed by atoms with Gasteiger partial charge in [0.25, 0.3) is 0 Å². The fourth-order valence-electron chi connectivity index (χ4n) is 1.69. The minimum absolute atomic E-state index is 0.474. The van der Waals surface area contributed by atoms with Gasteiger partial charge in [-0.3, -0.25) is 0 Å². The van der Waals surface area contributed by atoms with E-state index in [2.05, 4.69) is 15.9 Å². The third kappa shape index (κ3) is 1.54. The van der Waals surface area contributed by atoms with Crippen molar-refractivity contribution in [3.05, 3.63) is 28.2 Å². The van der Waals surface area contributed by atoms with Crippen LogP contribution < -0.4 is 10.5 Å². The van der Waals surface area contributed by atoms with Gasteiger partial charge in [-0.2, -0.15) is 0 Å². The fourth-order valence-corrected chi connectivity index (χ4v) is 2.03. The van der Waals surface area contributed by atoms with Gasteiger partial charge < -0.3 is 15.2 Å². The van der Waals surface area contributed by atoms with Gasteiger partial charge in [-0.1, -0.05) is 22.0 Å². The van der Waals surface area contributed by atoms with E-state index in [-0.39, 0.29) is 0 Å². The number of hydrogen-bond acceptors (Lipinski definition) is 3. The van der Waals surface area contributed by atoms with E-state index in [1.807, 2.05) is 18.2 Å². The van der Waals surface area contributed by atoms with Gasteiger partial charge >= 0.3 is 0 Å². The minimum atomic E-state index is -0.495. The molecule has 1 aliphatic rings. The van der Waals surface area contributed by atoms with Crippen molar-refractivity contribution in [2.75, 3.05) is 20.3 Å². The Morgan fingerprint density at radius 3 is 3.14 bits per heavy atom. The summed E-state index contributed by atoms with van der Waals surface area (Å²) in [5.74, 6) is 0.846. The highest BCUT2D eigenvalue weighted by molar-refractivity contribution is 9.10. The SMILES string of the molecule is COCC1(N)COc2cc(Br)ccc21. The number of halogens is 1. The van der Waals surface area contributed by atoms with E-state index >= 15 is 0 Å². The molecule has 1 aromatic carbocycles. The molecule has 3 nitrogen and oxygen atoms in total. The zero-order valence-electron chi connectivity index (χ0n) is 7.92. The molecule has 1 aliphatic heterocycles. The summed E-state index contributed by atoms with van der Waals surface area (Å²) in [6, 6.07) is 5.87. The molecule has 0 fully saturated rings. The highest BCUT2D eigenvalue weighted by atomic mass is 79.9. The molecule has 1 heterocycles. The zero-order valence-corrected chi connectivity index (χ0v) is 9.50. The molecule has 0 bridgehead atoms. The van der Waals surface area contributed by atoms with Crippen molar-refractivity contribution in [1.29, 1.82) is 0 Å². The molecule has 1 aromatic rings. The largest absolute Gasteiger partial charge is 0.491 e. The topological polar surface area (TPSA) is 44.5 Å². The van der Waals surface area contributed by atoms with Crippen molar-refractivity contribution >= 4 is 15.9 Å². The minimum Gasteiger partial charge on any atom is -0.491 e. The van der Waals surface area contributed by atoms with E-state index in [4.69, 9.17) is 15.2 Å². The van der Waals surface area contributed by atoms with Gasteiger partial charge in [0.1, 0.15) is 17.9 Å². The summed E-state index contributed by atoms with van der Waals surface area (Å²) in [6.45, 7) is 0.953. The van der Waals surface area contributed by atoms with Crippen LogP contribution in [0.25, 0.3) is 0 Å². The van der Waals surface area contributed by atoms with E-state index in [1.54, 1.807) is 7.11 Å². The number of rotatable bonds is 2. The lowest BCUT2D eigenvalue weighted by Gasteiger charge is -2.21. The Labute approximate surface area is 91.3 Å². The molecule has 2 rings (SSSR count). The van der Waals surface area contributed by atoms with E-state index in [1.165, 1.54) is 0 Å².